The molecule has 1 aromatic heterocycles. The number of ether oxygens (including phenoxy) is 1. The van der Waals surface area contributed by atoms with E-state index in [9.17, 15) is 0 Å². The van der Waals surface area contributed by atoms with Crippen molar-refractivity contribution < 1.29 is 4.74 Å². The van der Waals surface area contributed by atoms with Gasteiger partial charge in [-0.2, -0.15) is 15.0 Å². The second kappa shape index (κ2) is 7.11. The maximum atomic E-state index is 5.38. The van der Waals surface area contributed by atoms with Gasteiger partial charge in [-0.15, -0.1) is 0 Å². The van der Waals surface area contributed by atoms with Crippen molar-refractivity contribution in [3.63, 3.8) is 0 Å². The predicted octanol–water partition coefficient (Wildman–Crippen LogP) is 2.45. The van der Waals surface area contributed by atoms with Crippen LogP contribution in [-0.2, 0) is 0 Å². The van der Waals surface area contributed by atoms with Crippen LogP contribution in [0.15, 0.2) is 0 Å². The van der Waals surface area contributed by atoms with Crippen LogP contribution in [0.4, 0.5) is 11.9 Å². The van der Waals surface area contributed by atoms with Gasteiger partial charge < -0.3 is 15.4 Å². The van der Waals surface area contributed by atoms with Crippen LogP contribution in [0.3, 0.4) is 0 Å². The first-order chi connectivity index (χ1) is 9.31. The van der Waals surface area contributed by atoms with E-state index in [4.69, 9.17) is 4.74 Å². The van der Waals surface area contributed by atoms with Gasteiger partial charge in [0.1, 0.15) is 0 Å². The molecule has 0 saturated heterocycles. The molecule has 2 N–H and O–H groups in total. The molecule has 2 rings (SSSR count). The summed E-state index contributed by atoms with van der Waals surface area (Å²) >= 11 is 0. The molecule has 6 nitrogen and oxygen atoms in total. The Bertz CT molecular complexity index is 368. The van der Waals surface area contributed by atoms with Crippen LogP contribution in [0, 0.1) is 0 Å². The first-order valence-electron chi connectivity index (χ1n) is 7.21. The maximum absolute atomic E-state index is 5.38. The van der Waals surface area contributed by atoms with Gasteiger partial charge >= 0.3 is 6.01 Å². The first kappa shape index (κ1) is 13.8. The van der Waals surface area contributed by atoms with Crippen molar-refractivity contribution in [1.29, 1.82) is 0 Å². The van der Waals surface area contributed by atoms with Gasteiger partial charge in [0.25, 0.3) is 0 Å². The van der Waals surface area contributed by atoms with E-state index in [-0.39, 0.29) is 0 Å². The molecule has 19 heavy (non-hydrogen) atoms. The summed E-state index contributed by atoms with van der Waals surface area (Å²) < 4.78 is 5.38. The fourth-order valence-electron chi connectivity index (χ4n) is 2.28. The highest BCUT2D eigenvalue weighted by Crippen LogP contribution is 2.21. The summed E-state index contributed by atoms with van der Waals surface area (Å²) in [6.45, 7) is 5.26. The molecule has 0 atom stereocenters. The highest BCUT2D eigenvalue weighted by molar-refractivity contribution is 5.36. The maximum Gasteiger partial charge on any atom is 0.323 e. The number of anilines is 2. The van der Waals surface area contributed by atoms with Gasteiger partial charge in [0.05, 0.1) is 6.61 Å². The van der Waals surface area contributed by atoms with Crippen molar-refractivity contribution in [3.05, 3.63) is 0 Å². The fraction of sp³-hybridized carbons (Fsp3) is 0.769. The van der Waals surface area contributed by atoms with Crippen molar-refractivity contribution in [3.8, 4) is 6.01 Å². The third-order valence-electron chi connectivity index (χ3n) is 3.16. The highest BCUT2D eigenvalue weighted by atomic mass is 16.5. The average molecular weight is 265 g/mol. The summed E-state index contributed by atoms with van der Waals surface area (Å²) in [5.41, 5.74) is 0. The minimum atomic E-state index is 0.381. The van der Waals surface area contributed by atoms with Crippen LogP contribution in [0.1, 0.15) is 46.0 Å². The number of rotatable bonds is 6. The lowest BCUT2D eigenvalue weighted by molar-refractivity contribution is 0.312. The van der Waals surface area contributed by atoms with Crippen molar-refractivity contribution in [2.24, 2.45) is 0 Å². The van der Waals surface area contributed by atoms with Crippen molar-refractivity contribution in [2.75, 3.05) is 23.8 Å². The van der Waals surface area contributed by atoms with Gasteiger partial charge in [-0.1, -0.05) is 19.3 Å². The monoisotopic (exact) mass is 265 g/mol. The third-order valence-corrected chi connectivity index (χ3v) is 3.16. The van der Waals surface area contributed by atoms with E-state index >= 15 is 0 Å². The quantitative estimate of drug-likeness (QED) is 0.823. The zero-order valence-corrected chi connectivity index (χ0v) is 11.8. The van der Waals surface area contributed by atoms with Gasteiger partial charge in [-0.05, 0) is 26.7 Å². The minimum Gasteiger partial charge on any atom is -0.464 e. The number of hydrogen-bond donors (Lipinski definition) is 2. The van der Waals surface area contributed by atoms with E-state index in [1.54, 1.807) is 0 Å². The van der Waals surface area contributed by atoms with Gasteiger partial charge in [-0.25, -0.2) is 0 Å². The zero-order valence-electron chi connectivity index (χ0n) is 11.8. The number of nitrogens with one attached hydrogen (secondary N) is 2. The molecule has 6 heteroatoms. The Morgan fingerprint density at radius 3 is 2.47 bits per heavy atom. The van der Waals surface area contributed by atoms with E-state index in [2.05, 4.69) is 25.6 Å². The molecule has 0 spiro atoms. The molecule has 0 bridgehead atoms. The lowest BCUT2D eigenvalue weighted by Crippen LogP contribution is -2.24. The van der Waals surface area contributed by atoms with E-state index in [0.29, 0.717) is 30.6 Å². The molecule has 106 valence electrons. The molecular formula is C13H23N5O. The standard InChI is InChI=1S/C13H23N5O/c1-3-14-11-16-12(18-13(17-11)19-4-2)15-10-8-6-5-7-9-10/h10H,3-9H2,1-2H3,(H2,14,15,16,17,18). The smallest absolute Gasteiger partial charge is 0.323 e. The first-order valence-corrected chi connectivity index (χ1v) is 7.21. The molecule has 0 amide bonds. The molecular weight excluding hydrogens is 242 g/mol. The molecule has 1 fully saturated rings. The summed E-state index contributed by atoms with van der Waals surface area (Å²) in [6, 6.07) is 0.854. The van der Waals surface area contributed by atoms with Gasteiger partial charge in [0, 0.05) is 12.6 Å². The Balaban J connectivity index is 2.08. The molecule has 0 aromatic carbocycles. The highest BCUT2D eigenvalue weighted by Gasteiger charge is 2.15. The van der Waals surface area contributed by atoms with Crippen molar-refractivity contribution in [1.82, 2.24) is 15.0 Å². The Kier molecular flexibility index (Phi) is 5.18. The average Bonchev–Trinajstić information content (AvgIpc) is 2.40. The van der Waals surface area contributed by atoms with Crippen molar-refractivity contribution >= 4 is 11.9 Å². The SMILES string of the molecule is CCNc1nc(NC2CCCCC2)nc(OCC)n1. The second-order valence-corrected chi connectivity index (χ2v) is 4.71. The number of nitrogens with zero attached hydrogens (tertiary/aromatic N) is 3. The van der Waals surface area contributed by atoms with Gasteiger partial charge in [0.2, 0.25) is 11.9 Å². The van der Waals surface area contributed by atoms with Crippen LogP contribution in [0.25, 0.3) is 0 Å². The molecule has 1 aromatic rings. The molecule has 1 aliphatic rings. The Labute approximate surface area is 114 Å². The summed E-state index contributed by atoms with van der Waals surface area (Å²) in [4.78, 5) is 12.9. The number of hydrogen-bond acceptors (Lipinski definition) is 6. The Morgan fingerprint density at radius 1 is 1.05 bits per heavy atom. The zero-order chi connectivity index (χ0) is 13.5. The lowest BCUT2D eigenvalue weighted by Gasteiger charge is -2.22. The largest absolute Gasteiger partial charge is 0.464 e. The van der Waals surface area contributed by atoms with Crippen molar-refractivity contribution in [2.45, 2.75) is 52.0 Å². The van der Waals surface area contributed by atoms with E-state index in [0.717, 1.165) is 6.54 Å². The van der Waals surface area contributed by atoms with Crippen LogP contribution >= 0.6 is 0 Å². The lowest BCUT2D eigenvalue weighted by atomic mass is 9.96. The third kappa shape index (κ3) is 4.22. The van der Waals surface area contributed by atoms with Gasteiger partial charge in [-0.3, -0.25) is 0 Å². The fourth-order valence-corrected chi connectivity index (χ4v) is 2.28. The van der Waals surface area contributed by atoms with E-state index in [1.807, 2.05) is 13.8 Å². The summed E-state index contributed by atoms with van der Waals surface area (Å²) in [5, 5.41) is 6.50. The molecule has 1 heterocycles. The second-order valence-electron chi connectivity index (χ2n) is 4.71. The molecule has 0 unspecified atom stereocenters. The van der Waals surface area contributed by atoms with Crippen LogP contribution in [0.2, 0.25) is 0 Å². The summed E-state index contributed by atoms with van der Waals surface area (Å²) in [6.07, 6.45) is 6.27. The molecule has 0 radical (unpaired) electrons. The Morgan fingerprint density at radius 2 is 1.79 bits per heavy atom. The predicted molar refractivity (Wildman–Crippen MR) is 75.7 cm³/mol. The van der Waals surface area contributed by atoms with Gasteiger partial charge in [0.15, 0.2) is 0 Å². The van der Waals surface area contributed by atoms with E-state index < -0.39 is 0 Å². The summed E-state index contributed by atoms with van der Waals surface area (Å²) in [7, 11) is 0. The van der Waals surface area contributed by atoms with Crippen LogP contribution < -0.4 is 15.4 Å². The molecule has 0 aliphatic heterocycles. The normalized spacial score (nSPS) is 16.1. The summed E-state index contributed by atoms with van der Waals surface area (Å²) in [5.74, 6) is 1.18. The van der Waals surface area contributed by atoms with Crippen LogP contribution in [-0.4, -0.2) is 34.1 Å². The topological polar surface area (TPSA) is 72.0 Å². The number of aromatic nitrogens is 3. The minimum absolute atomic E-state index is 0.381. The Hall–Kier alpha value is -1.59. The van der Waals surface area contributed by atoms with Crippen LogP contribution in [0.5, 0.6) is 6.01 Å². The molecule has 1 saturated carbocycles. The van der Waals surface area contributed by atoms with E-state index in [1.165, 1.54) is 32.1 Å². The molecule has 1 aliphatic carbocycles.